The van der Waals surface area contributed by atoms with Gasteiger partial charge in [-0.3, -0.25) is 4.79 Å². The lowest BCUT2D eigenvalue weighted by molar-refractivity contribution is -0.115. The van der Waals surface area contributed by atoms with E-state index >= 15 is 0 Å². The summed E-state index contributed by atoms with van der Waals surface area (Å²) in [5.41, 5.74) is 2.36. The molecule has 0 bridgehead atoms. The first-order valence-corrected chi connectivity index (χ1v) is 11.2. The Kier molecular flexibility index (Phi) is 6.95. The highest BCUT2D eigenvalue weighted by Gasteiger charge is 2.24. The van der Waals surface area contributed by atoms with Gasteiger partial charge in [-0.05, 0) is 72.3 Å². The number of nitrogens with one attached hydrogen (secondary N) is 1. The molecule has 174 valence electrons. The highest BCUT2D eigenvalue weighted by Crippen LogP contribution is 2.33. The van der Waals surface area contributed by atoms with Crippen LogP contribution in [0.1, 0.15) is 27.4 Å². The Morgan fingerprint density at radius 3 is 2.76 bits per heavy atom. The second-order valence-electron chi connectivity index (χ2n) is 7.18. The van der Waals surface area contributed by atoms with E-state index < -0.39 is 5.97 Å². The molecule has 1 aliphatic heterocycles. The average Bonchev–Trinajstić information content (AvgIpc) is 3.42. The highest BCUT2D eigenvalue weighted by atomic mass is 35.5. The van der Waals surface area contributed by atoms with Crippen molar-refractivity contribution < 1.29 is 28.6 Å². The third kappa shape index (κ3) is 5.44. The van der Waals surface area contributed by atoms with Gasteiger partial charge in [-0.25, -0.2) is 9.79 Å². The van der Waals surface area contributed by atoms with Crippen molar-refractivity contribution in [2.45, 2.75) is 13.5 Å². The van der Waals surface area contributed by atoms with E-state index in [1.54, 1.807) is 36.4 Å². The summed E-state index contributed by atoms with van der Waals surface area (Å²) in [4.78, 5) is 28.4. The standard InChI is InChI=1S/C24H19ClN2O6S/c1-13-3-5-15(25)11-17(13)26-24-27-22(28)21(34-24)10-14-4-7-18(20(9-14)31-2)32-12-16-6-8-19(33-16)23(29)30/h3-11H,12H2,1-2H3,(H,29,30)(H,26,27,28). The Hall–Kier alpha value is -3.69. The zero-order chi connectivity index (χ0) is 24.2. The van der Waals surface area contributed by atoms with Crippen LogP contribution in [0.15, 0.2) is 62.8 Å². The van der Waals surface area contributed by atoms with Crippen molar-refractivity contribution in [3.05, 3.63) is 81.1 Å². The van der Waals surface area contributed by atoms with Gasteiger partial charge in [0.15, 0.2) is 16.7 Å². The molecule has 3 aromatic rings. The zero-order valence-electron chi connectivity index (χ0n) is 18.1. The molecule has 1 aromatic heterocycles. The van der Waals surface area contributed by atoms with Gasteiger partial charge < -0.3 is 24.3 Å². The van der Waals surface area contributed by atoms with Crippen LogP contribution in [-0.2, 0) is 11.4 Å². The van der Waals surface area contributed by atoms with Gasteiger partial charge >= 0.3 is 5.97 Å². The van der Waals surface area contributed by atoms with Gasteiger partial charge in [0.05, 0.1) is 17.7 Å². The fourth-order valence-electron chi connectivity index (χ4n) is 3.06. The molecule has 4 rings (SSSR count). The molecule has 10 heteroatoms. The molecule has 2 aromatic carbocycles. The van der Waals surface area contributed by atoms with Crippen LogP contribution in [0.25, 0.3) is 6.08 Å². The van der Waals surface area contributed by atoms with Gasteiger partial charge in [-0.2, -0.15) is 0 Å². The lowest BCUT2D eigenvalue weighted by atomic mass is 10.2. The number of aliphatic imine (C=N–C) groups is 1. The minimum absolute atomic E-state index is 0.0328. The molecule has 0 atom stereocenters. The maximum Gasteiger partial charge on any atom is 0.371 e. The summed E-state index contributed by atoms with van der Waals surface area (Å²) in [6.07, 6.45) is 1.73. The Bertz CT molecular complexity index is 1330. The summed E-state index contributed by atoms with van der Waals surface area (Å²) >= 11 is 7.28. The van der Waals surface area contributed by atoms with Crippen molar-refractivity contribution in [2.24, 2.45) is 4.99 Å². The molecular weight excluding hydrogens is 480 g/mol. The predicted molar refractivity (Wildman–Crippen MR) is 130 cm³/mol. The topological polar surface area (TPSA) is 110 Å². The van der Waals surface area contributed by atoms with E-state index in [1.807, 2.05) is 13.0 Å². The Morgan fingerprint density at radius 1 is 1.21 bits per heavy atom. The van der Waals surface area contributed by atoms with Gasteiger partial charge in [-0.1, -0.05) is 23.7 Å². The number of methoxy groups -OCH3 is 1. The van der Waals surface area contributed by atoms with Crippen LogP contribution in [0.4, 0.5) is 5.69 Å². The van der Waals surface area contributed by atoms with Crippen LogP contribution in [-0.4, -0.2) is 29.3 Å². The van der Waals surface area contributed by atoms with Crippen LogP contribution >= 0.6 is 23.4 Å². The summed E-state index contributed by atoms with van der Waals surface area (Å²) in [5, 5.41) is 12.7. The molecule has 1 amide bonds. The van der Waals surface area contributed by atoms with Crippen molar-refractivity contribution in [3.63, 3.8) is 0 Å². The lowest BCUT2D eigenvalue weighted by Crippen LogP contribution is -2.19. The zero-order valence-corrected chi connectivity index (χ0v) is 19.7. The third-order valence-corrected chi connectivity index (χ3v) is 5.92. The number of amidine groups is 1. The number of furan rings is 1. The van der Waals surface area contributed by atoms with Gasteiger partial charge in [0.2, 0.25) is 5.76 Å². The summed E-state index contributed by atoms with van der Waals surface area (Å²) in [7, 11) is 1.50. The number of ether oxygens (including phenoxy) is 2. The molecule has 8 nitrogen and oxygen atoms in total. The number of aryl methyl sites for hydroxylation is 1. The molecule has 0 spiro atoms. The largest absolute Gasteiger partial charge is 0.493 e. The van der Waals surface area contributed by atoms with Crippen LogP contribution in [0, 0.1) is 6.92 Å². The first-order valence-electron chi connectivity index (χ1n) is 10.0. The van der Waals surface area contributed by atoms with E-state index in [2.05, 4.69) is 10.3 Å². The molecule has 0 unspecified atom stereocenters. The number of carbonyl (C=O) groups is 2. The second kappa shape index (κ2) is 10.1. The van der Waals surface area contributed by atoms with Crippen molar-refractivity contribution in [1.29, 1.82) is 0 Å². The number of carboxylic acid groups (broad SMARTS) is 1. The van der Waals surface area contributed by atoms with Gasteiger partial charge in [0, 0.05) is 5.02 Å². The van der Waals surface area contributed by atoms with E-state index in [4.69, 9.17) is 30.6 Å². The second-order valence-corrected chi connectivity index (χ2v) is 8.65. The van der Waals surface area contributed by atoms with Crippen LogP contribution in [0.2, 0.25) is 5.02 Å². The molecule has 1 fully saturated rings. The number of benzene rings is 2. The summed E-state index contributed by atoms with van der Waals surface area (Å²) in [6.45, 7) is 1.95. The molecule has 0 aliphatic carbocycles. The number of rotatable bonds is 7. The summed E-state index contributed by atoms with van der Waals surface area (Å²) < 4.78 is 16.3. The minimum atomic E-state index is -1.15. The van der Waals surface area contributed by atoms with Crippen molar-refractivity contribution in [3.8, 4) is 11.5 Å². The summed E-state index contributed by atoms with van der Waals surface area (Å²) in [6, 6.07) is 13.5. The first kappa shape index (κ1) is 23.5. The Morgan fingerprint density at radius 2 is 2.03 bits per heavy atom. The van der Waals surface area contributed by atoms with E-state index in [0.29, 0.717) is 38.0 Å². The van der Waals surface area contributed by atoms with Crippen LogP contribution in [0.5, 0.6) is 11.5 Å². The summed E-state index contributed by atoms with van der Waals surface area (Å²) in [5.74, 6) is -0.299. The number of hydrogen-bond donors (Lipinski definition) is 2. The molecule has 1 aliphatic rings. The van der Waals surface area contributed by atoms with Crippen LogP contribution < -0.4 is 14.8 Å². The minimum Gasteiger partial charge on any atom is -0.493 e. The molecule has 1 saturated heterocycles. The number of amides is 1. The number of carbonyl (C=O) groups excluding carboxylic acids is 1. The SMILES string of the molecule is COc1cc(C=C2SC(=Nc3cc(Cl)ccc3C)NC2=O)ccc1OCc1ccc(C(=O)O)o1. The van der Waals surface area contributed by atoms with Gasteiger partial charge in [-0.15, -0.1) is 0 Å². The predicted octanol–water partition coefficient (Wildman–Crippen LogP) is 5.42. The van der Waals surface area contributed by atoms with Crippen molar-refractivity contribution in [2.75, 3.05) is 7.11 Å². The average molecular weight is 499 g/mol. The molecule has 34 heavy (non-hydrogen) atoms. The van der Waals surface area contributed by atoms with Crippen LogP contribution in [0.3, 0.4) is 0 Å². The number of carboxylic acids is 1. The number of halogens is 1. The van der Waals surface area contributed by atoms with Gasteiger partial charge in [0.25, 0.3) is 5.91 Å². The number of aromatic carboxylic acids is 1. The fraction of sp³-hybridized carbons (Fsp3) is 0.125. The number of thioether (sulfide) groups is 1. The lowest BCUT2D eigenvalue weighted by Gasteiger charge is -2.10. The quantitative estimate of drug-likeness (QED) is 0.418. The molecule has 0 radical (unpaired) electrons. The Balaban J connectivity index is 1.49. The van der Waals surface area contributed by atoms with Gasteiger partial charge in [0.1, 0.15) is 12.4 Å². The molecule has 2 N–H and O–H groups in total. The molecule has 0 saturated carbocycles. The van der Waals surface area contributed by atoms with E-state index in [9.17, 15) is 9.59 Å². The van der Waals surface area contributed by atoms with E-state index in [0.717, 1.165) is 11.1 Å². The highest BCUT2D eigenvalue weighted by molar-refractivity contribution is 8.18. The fourth-order valence-corrected chi connectivity index (χ4v) is 4.06. The normalized spacial score (nSPS) is 15.6. The first-order chi connectivity index (χ1) is 16.3. The number of hydrogen-bond acceptors (Lipinski definition) is 7. The third-order valence-electron chi connectivity index (χ3n) is 4.77. The Labute approximate surface area is 204 Å². The maximum atomic E-state index is 12.4. The molecule has 2 heterocycles. The van der Waals surface area contributed by atoms with Crippen molar-refractivity contribution >= 4 is 52.2 Å². The van der Waals surface area contributed by atoms with E-state index in [1.165, 1.54) is 31.0 Å². The monoisotopic (exact) mass is 498 g/mol. The molecular formula is C24H19ClN2O6S. The van der Waals surface area contributed by atoms with Crippen molar-refractivity contribution in [1.82, 2.24) is 5.32 Å². The maximum absolute atomic E-state index is 12.4. The van der Waals surface area contributed by atoms with E-state index in [-0.39, 0.29) is 18.3 Å². The smallest absolute Gasteiger partial charge is 0.371 e. The number of nitrogens with zero attached hydrogens (tertiary/aromatic N) is 1.